The van der Waals surface area contributed by atoms with Crippen LogP contribution < -0.4 is 0 Å². The molecule has 1 heterocycles. The molecule has 0 bridgehead atoms. The largest absolute Gasteiger partial charge is 0.302 e. The second kappa shape index (κ2) is 5.69. The molecule has 92 valence electrons. The summed E-state index contributed by atoms with van der Waals surface area (Å²) in [5, 5.41) is 11.9. The molecular weight excluding hydrogens is 340 g/mol. The van der Waals surface area contributed by atoms with Crippen LogP contribution in [0.3, 0.4) is 0 Å². The number of nitro groups is 1. The van der Waals surface area contributed by atoms with E-state index in [-0.39, 0.29) is 5.69 Å². The first-order chi connectivity index (χ1) is 8.56. The molecule has 2 rings (SSSR count). The van der Waals surface area contributed by atoms with Crippen molar-refractivity contribution in [2.24, 2.45) is 0 Å². The van der Waals surface area contributed by atoms with E-state index in [1.165, 1.54) is 24.0 Å². The lowest BCUT2D eigenvalue weighted by molar-refractivity contribution is -0.388. The van der Waals surface area contributed by atoms with Crippen LogP contribution in [0.5, 0.6) is 0 Å². The Bertz CT molecular complexity index is 592. The van der Waals surface area contributed by atoms with Crippen LogP contribution in [0.25, 0.3) is 0 Å². The molecule has 0 aliphatic carbocycles. The molecule has 0 amide bonds. The summed E-state index contributed by atoms with van der Waals surface area (Å²) in [7, 11) is 0. The average molecular weight is 346 g/mol. The summed E-state index contributed by atoms with van der Waals surface area (Å²) in [4.78, 5) is 15.4. The maximum atomic E-state index is 10.9. The summed E-state index contributed by atoms with van der Waals surface area (Å²) >= 11 is 10.2. The molecule has 1 aromatic carbocycles. The quantitative estimate of drug-likeness (QED) is 0.604. The molecule has 0 unspecified atom stereocenters. The average Bonchev–Trinajstić information content (AvgIpc) is 2.34. The number of hydrogen-bond acceptors (Lipinski definition) is 4. The van der Waals surface area contributed by atoms with Crippen molar-refractivity contribution in [3.8, 4) is 0 Å². The van der Waals surface area contributed by atoms with Crippen LogP contribution in [0.15, 0.2) is 50.9 Å². The Hall–Kier alpha value is -1.11. The van der Waals surface area contributed by atoms with E-state index in [0.29, 0.717) is 14.5 Å². The van der Waals surface area contributed by atoms with Crippen LogP contribution in [0.1, 0.15) is 0 Å². The fourth-order valence-electron chi connectivity index (χ4n) is 1.24. The third kappa shape index (κ3) is 3.22. The Labute approximate surface area is 121 Å². The van der Waals surface area contributed by atoms with Gasteiger partial charge in [-0.1, -0.05) is 23.4 Å². The van der Waals surface area contributed by atoms with Crippen LogP contribution in [0, 0.1) is 10.1 Å². The highest BCUT2D eigenvalue weighted by Crippen LogP contribution is 2.34. The highest BCUT2D eigenvalue weighted by atomic mass is 79.9. The van der Waals surface area contributed by atoms with Crippen molar-refractivity contribution in [1.82, 2.24) is 4.98 Å². The SMILES string of the molecule is O=[N+]([O-])c1cc(Br)cnc1Sc1ccc(Cl)cc1. The van der Waals surface area contributed by atoms with Gasteiger partial charge in [0.25, 0.3) is 0 Å². The van der Waals surface area contributed by atoms with E-state index in [0.717, 1.165) is 4.90 Å². The van der Waals surface area contributed by atoms with Crippen LogP contribution >= 0.6 is 39.3 Å². The van der Waals surface area contributed by atoms with Gasteiger partial charge >= 0.3 is 5.69 Å². The molecule has 18 heavy (non-hydrogen) atoms. The topological polar surface area (TPSA) is 56.0 Å². The number of nitrogens with zero attached hydrogens (tertiary/aromatic N) is 2. The minimum atomic E-state index is -0.448. The number of halogens is 2. The smallest absolute Gasteiger partial charge is 0.258 e. The van der Waals surface area contributed by atoms with Crippen molar-refractivity contribution in [2.75, 3.05) is 0 Å². The van der Waals surface area contributed by atoms with Crippen molar-refractivity contribution in [1.29, 1.82) is 0 Å². The third-order valence-electron chi connectivity index (χ3n) is 2.02. The van der Waals surface area contributed by atoms with Gasteiger partial charge in [-0.05, 0) is 40.2 Å². The van der Waals surface area contributed by atoms with Crippen molar-refractivity contribution in [2.45, 2.75) is 9.92 Å². The van der Waals surface area contributed by atoms with Gasteiger partial charge in [0.2, 0.25) is 0 Å². The minimum Gasteiger partial charge on any atom is -0.258 e. The molecular formula is C11H6BrClN2O2S. The van der Waals surface area contributed by atoms with E-state index in [4.69, 9.17) is 11.6 Å². The van der Waals surface area contributed by atoms with E-state index >= 15 is 0 Å². The monoisotopic (exact) mass is 344 g/mol. The molecule has 0 saturated heterocycles. The first-order valence-corrected chi connectivity index (χ1v) is 6.78. The predicted octanol–water partition coefficient (Wildman–Crippen LogP) is 4.56. The Morgan fingerprint density at radius 2 is 2.00 bits per heavy atom. The summed E-state index contributed by atoms with van der Waals surface area (Å²) in [6.45, 7) is 0. The molecule has 2 aromatic rings. The van der Waals surface area contributed by atoms with E-state index in [2.05, 4.69) is 20.9 Å². The van der Waals surface area contributed by atoms with E-state index in [1.54, 1.807) is 24.3 Å². The molecule has 0 radical (unpaired) electrons. The van der Waals surface area contributed by atoms with Gasteiger partial charge in [0, 0.05) is 26.7 Å². The molecule has 0 atom stereocenters. The van der Waals surface area contributed by atoms with Crippen LogP contribution in [0.4, 0.5) is 5.69 Å². The van der Waals surface area contributed by atoms with E-state index in [1.807, 2.05) is 0 Å². The minimum absolute atomic E-state index is 0.0238. The predicted molar refractivity (Wildman–Crippen MR) is 74.2 cm³/mol. The summed E-state index contributed by atoms with van der Waals surface area (Å²) in [6, 6.07) is 8.48. The second-order valence-electron chi connectivity index (χ2n) is 3.29. The zero-order valence-electron chi connectivity index (χ0n) is 8.84. The first kappa shape index (κ1) is 13.3. The lowest BCUT2D eigenvalue weighted by Gasteiger charge is -2.02. The maximum Gasteiger partial charge on any atom is 0.302 e. The number of pyridine rings is 1. The Kier molecular flexibility index (Phi) is 4.21. The van der Waals surface area contributed by atoms with Gasteiger partial charge in [-0.3, -0.25) is 10.1 Å². The summed E-state index contributed by atoms with van der Waals surface area (Å²) in [5.41, 5.74) is -0.0238. The van der Waals surface area contributed by atoms with Gasteiger partial charge < -0.3 is 0 Å². The summed E-state index contributed by atoms with van der Waals surface area (Å²) in [5.74, 6) is 0. The Morgan fingerprint density at radius 1 is 1.33 bits per heavy atom. The van der Waals surface area contributed by atoms with Gasteiger partial charge in [0.05, 0.1) is 4.92 Å². The van der Waals surface area contributed by atoms with Gasteiger partial charge in [0.15, 0.2) is 5.03 Å². The van der Waals surface area contributed by atoms with Crippen molar-refractivity contribution >= 4 is 45.0 Å². The van der Waals surface area contributed by atoms with E-state index in [9.17, 15) is 10.1 Å². The Morgan fingerprint density at radius 3 is 2.61 bits per heavy atom. The van der Waals surface area contributed by atoms with Gasteiger partial charge in [-0.25, -0.2) is 4.98 Å². The molecule has 0 aliphatic heterocycles. The highest BCUT2D eigenvalue weighted by molar-refractivity contribution is 9.10. The normalized spacial score (nSPS) is 10.3. The molecule has 1 aromatic heterocycles. The fourth-order valence-corrected chi connectivity index (χ4v) is 2.52. The van der Waals surface area contributed by atoms with Crippen LogP contribution in [-0.4, -0.2) is 9.91 Å². The highest BCUT2D eigenvalue weighted by Gasteiger charge is 2.16. The molecule has 0 spiro atoms. The van der Waals surface area contributed by atoms with Crippen molar-refractivity contribution < 1.29 is 4.92 Å². The molecule has 0 aliphatic rings. The van der Waals surface area contributed by atoms with Crippen molar-refractivity contribution in [3.05, 3.63) is 56.1 Å². The van der Waals surface area contributed by atoms with Gasteiger partial charge in [-0.2, -0.15) is 0 Å². The molecule has 0 saturated carbocycles. The van der Waals surface area contributed by atoms with Crippen molar-refractivity contribution in [3.63, 3.8) is 0 Å². The first-order valence-electron chi connectivity index (χ1n) is 4.79. The third-order valence-corrected chi connectivity index (χ3v) is 3.73. The lowest BCUT2D eigenvalue weighted by Crippen LogP contribution is -1.93. The van der Waals surface area contributed by atoms with E-state index < -0.39 is 4.92 Å². The molecule has 4 nitrogen and oxygen atoms in total. The van der Waals surface area contributed by atoms with Gasteiger partial charge in [0.1, 0.15) is 0 Å². The maximum absolute atomic E-state index is 10.9. The van der Waals surface area contributed by atoms with Crippen LogP contribution in [-0.2, 0) is 0 Å². The number of benzene rings is 1. The number of aromatic nitrogens is 1. The Balaban J connectivity index is 2.34. The lowest BCUT2D eigenvalue weighted by atomic mass is 10.4. The number of rotatable bonds is 3. The van der Waals surface area contributed by atoms with Gasteiger partial charge in [-0.15, -0.1) is 0 Å². The zero-order valence-corrected chi connectivity index (χ0v) is 12.0. The standard InChI is InChI=1S/C11H6BrClN2O2S/c12-7-5-10(15(16)17)11(14-6-7)18-9-3-1-8(13)2-4-9/h1-6H. The second-order valence-corrected chi connectivity index (χ2v) is 5.71. The fraction of sp³-hybridized carbons (Fsp3) is 0. The van der Waals surface area contributed by atoms with Crippen LogP contribution in [0.2, 0.25) is 5.02 Å². The molecule has 0 fully saturated rings. The zero-order chi connectivity index (χ0) is 13.1. The number of hydrogen-bond donors (Lipinski definition) is 0. The summed E-state index contributed by atoms with van der Waals surface area (Å²) < 4.78 is 0.578. The molecule has 7 heteroatoms. The summed E-state index contributed by atoms with van der Waals surface area (Å²) in [6.07, 6.45) is 1.53. The molecule has 0 N–H and O–H groups in total.